The summed E-state index contributed by atoms with van der Waals surface area (Å²) in [5, 5.41) is 10.0. The quantitative estimate of drug-likeness (QED) is 0.680. The van der Waals surface area contributed by atoms with Gasteiger partial charge in [-0.1, -0.05) is 0 Å². The van der Waals surface area contributed by atoms with Gasteiger partial charge in [0.25, 0.3) is 5.95 Å². The van der Waals surface area contributed by atoms with Gasteiger partial charge in [-0.15, -0.1) is 11.3 Å². The van der Waals surface area contributed by atoms with Crippen LogP contribution in [0.25, 0.3) is 5.95 Å². The first-order chi connectivity index (χ1) is 9.81. The number of hydrogen-bond donors (Lipinski definition) is 2. The van der Waals surface area contributed by atoms with E-state index in [1.165, 1.54) is 17.3 Å². The molecule has 0 saturated heterocycles. The van der Waals surface area contributed by atoms with Crippen molar-refractivity contribution in [3.05, 3.63) is 29.2 Å². The molecule has 0 atom stereocenters. The van der Waals surface area contributed by atoms with Gasteiger partial charge in [-0.05, 0) is 0 Å². The zero-order chi connectivity index (χ0) is 13.8. The Morgan fingerprint density at radius 1 is 1.30 bits per heavy atom. The molecular weight excluding hydrogens is 278 g/mol. The van der Waals surface area contributed by atoms with Crippen LogP contribution in [0.2, 0.25) is 0 Å². The predicted molar refractivity (Wildman–Crippen MR) is 73.5 cm³/mol. The minimum atomic E-state index is 0.127. The van der Waals surface area contributed by atoms with Crippen LogP contribution in [0, 0.1) is 0 Å². The minimum Gasteiger partial charge on any atom is -0.368 e. The Balaban J connectivity index is 1.70. The summed E-state index contributed by atoms with van der Waals surface area (Å²) in [5.74, 6) is 0.855. The number of anilines is 2. The summed E-state index contributed by atoms with van der Waals surface area (Å²) in [7, 11) is 0. The van der Waals surface area contributed by atoms with E-state index in [4.69, 9.17) is 5.73 Å². The third-order valence-electron chi connectivity index (χ3n) is 2.37. The summed E-state index contributed by atoms with van der Waals surface area (Å²) in [5.41, 5.74) is 5.66. The van der Waals surface area contributed by atoms with Crippen LogP contribution in [0.3, 0.4) is 0 Å². The highest BCUT2D eigenvalue weighted by Crippen LogP contribution is 2.07. The summed E-state index contributed by atoms with van der Waals surface area (Å²) in [6.07, 6.45) is 5.47. The van der Waals surface area contributed by atoms with Crippen molar-refractivity contribution in [2.24, 2.45) is 0 Å². The van der Waals surface area contributed by atoms with Gasteiger partial charge in [-0.3, -0.25) is 0 Å². The number of nitrogens with zero attached hydrogens (tertiary/aromatic N) is 7. The second-order valence-electron chi connectivity index (χ2n) is 3.76. The molecule has 0 unspecified atom stereocenters. The maximum absolute atomic E-state index is 5.66. The first-order valence-corrected chi connectivity index (χ1v) is 6.68. The minimum absolute atomic E-state index is 0.127. The lowest BCUT2D eigenvalue weighted by molar-refractivity contribution is 0.796. The van der Waals surface area contributed by atoms with Crippen molar-refractivity contribution in [3.63, 3.8) is 0 Å². The maximum Gasteiger partial charge on any atom is 0.258 e. The van der Waals surface area contributed by atoms with E-state index in [0.717, 1.165) is 11.4 Å². The zero-order valence-electron chi connectivity index (χ0n) is 10.3. The zero-order valence-corrected chi connectivity index (χ0v) is 11.2. The average molecular weight is 289 g/mol. The molecule has 9 nitrogen and oxygen atoms in total. The molecule has 0 amide bonds. The van der Waals surface area contributed by atoms with E-state index in [2.05, 4.69) is 35.3 Å². The van der Waals surface area contributed by atoms with Crippen molar-refractivity contribution in [2.75, 3.05) is 17.6 Å². The van der Waals surface area contributed by atoms with Crippen LogP contribution >= 0.6 is 11.3 Å². The molecule has 0 aliphatic rings. The Hall–Kier alpha value is -2.62. The van der Waals surface area contributed by atoms with Crippen LogP contribution < -0.4 is 11.1 Å². The van der Waals surface area contributed by atoms with Crippen LogP contribution in [0.4, 0.5) is 11.9 Å². The van der Waals surface area contributed by atoms with Crippen LogP contribution in [-0.4, -0.2) is 41.2 Å². The van der Waals surface area contributed by atoms with Gasteiger partial charge in [0.15, 0.2) is 0 Å². The lowest BCUT2D eigenvalue weighted by Gasteiger charge is -2.05. The Morgan fingerprint density at radius 2 is 2.25 bits per heavy atom. The Kier molecular flexibility index (Phi) is 3.46. The van der Waals surface area contributed by atoms with Crippen molar-refractivity contribution >= 4 is 23.2 Å². The van der Waals surface area contributed by atoms with Crippen molar-refractivity contribution in [2.45, 2.75) is 6.42 Å². The molecule has 0 aromatic carbocycles. The van der Waals surface area contributed by atoms with Crippen molar-refractivity contribution < 1.29 is 0 Å². The number of thiazole rings is 1. The molecule has 3 aromatic rings. The molecule has 3 rings (SSSR count). The van der Waals surface area contributed by atoms with Gasteiger partial charge in [-0.25, -0.2) is 9.97 Å². The summed E-state index contributed by atoms with van der Waals surface area (Å²) in [6, 6.07) is 0. The number of rotatable bonds is 5. The first-order valence-electron chi connectivity index (χ1n) is 5.80. The van der Waals surface area contributed by atoms with Gasteiger partial charge in [0.2, 0.25) is 11.9 Å². The molecule has 0 radical (unpaired) electrons. The van der Waals surface area contributed by atoms with Crippen LogP contribution in [0.5, 0.6) is 0 Å². The van der Waals surface area contributed by atoms with Crippen molar-refractivity contribution in [3.8, 4) is 5.95 Å². The van der Waals surface area contributed by atoms with E-state index < -0.39 is 0 Å². The van der Waals surface area contributed by atoms with E-state index >= 15 is 0 Å². The van der Waals surface area contributed by atoms with E-state index in [9.17, 15) is 0 Å². The van der Waals surface area contributed by atoms with Crippen LogP contribution in [-0.2, 0) is 6.42 Å². The van der Waals surface area contributed by atoms with Gasteiger partial charge >= 0.3 is 0 Å². The highest BCUT2D eigenvalue weighted by Gasteiger charge is 2.06. The Morgan fingerprint density at radius 3 is 3.00 bits per heavy atom. The fourth-order valence-corrected chi connectivity index (χ4v) is 2.15. The van der Waals surface area contributed by atoms with Crippen LogP contribution in [0.1, 0.15) is 5.01 Å². The fourth-order valence-electron chi connectivity index (χ4n) is 1.53. The third-order valence-corrected chi connectivity index (χ3v) is 3.21. The highest BCUT2D eigenvalue weighted by molar-refractivity contribution is 7.09. The summed E-state index contributed by atoms with van der Waals surface area (Å²) >= 11 is 1.61. The number of nitrogen functional groups attached to an aromatic ring is 1. The largest absolute Gasteiger partial charge is 0.368 e. The molecular formula is C10H11N9S. The summed E-state index contributed by atoms with van der Waals surface area (Å²) in [6.45, 7) is 0.660. The molecule has 3 heterocycles. The average Bonchev–Trinajstić information content (AvgIpc) is 3.11. The molecule has 0 aliphatic heterocycles. The fraction of sp³-hybridized carbons (Fsp3) is 0.200. The number of nitrogens with two attached hydrogens (primary N) is 1. The van der Waals surface area contributed by atoms with Gasteiger partial charge < -0.3 is 11.1 Å². The molecule has 0 bridgehead atoms. The third kappa shape index (κ3) is 2.85. The van der Waals surface area contributed by atoms with E-state index in [-0.39, 0.29) is 5.95 Å². The van der Waals surface area contributed by atoms with Gasteiger partial charge in [0.05, 0.1) is 5.01 Å². The monoisotopic (exact) mass is 289 g/mol. The molecule has 3 aromatic heterocycles. The molecule has 0 fully saturated rings. The van der Waals surface area contributed by atoms with E-state index in [1.54, 1.807) is 17.5 Å². The van der Waals surface area contributed by atoms with Crippen molar-refractivity contribution in [1.82, 2.24) is 34.7 Å². The number of aromatic nitrogens is 7. The van der Waals surface area contributed by atoms with Gasteiger partial charge in [0, 0.05) is 24.5 Å². The maximum atomic E-state index is 5.66. The molecule has 0 saturated carbocycles. The number of hydrogen-bond acceptors (Lipinski definition) is 9. The lowest BCUT2D eigenvalue weighted by Crippen LogP contribution is -2.13. The highest BCUT2D eigenvalue weighted by atomic mass is 32.1. The van der Waals surface area contributed by atoms with Crippen molar-refractivity contribution in [1.29, 1.82) is 0 Å². The SMILES string of the molecule is Nc1nc(NCCc2nccs2)nc(-n2cncn2)n1. The second kappa shape index (κ2) is 5.57. The van der Waals surface area contributed by atoms with Crippen LogP contribution in [0.15, 0.2) is 24.2 Å². The standard InChI is InChI=1S/C10H11N9S/c11-8-16-9(14-2-1-7-13-3-4-20-7)18-10(17-8)19-6-12-5-15-19/h3-6H,1-2H2,(H3,11,14,16,17,18). The molecule has 102 valence electrons. The molecule has 10 heteroatoms. The van der Waals surface area contributed by atoms with Gasteiger partial charge in [0.1, 0.15) is 12.7 Å². The smallest absolute Gasteiger partial charge is 0.258 e. The predicted octanol–water partition coefficient (Wildman–Crippen LogP) is 0.146. The van der Waals surface area contributed by atoms with Gasteiger partial charge in [-0.2, -0.15) is 24.7 Å². The van der Waals surface area contributed by atoms with E-state index in [0.29, 0.717) is 18.4 Å². The number of nitrogens with one attached hydrogen (secondary N) is 1. The topological polar surface area (TPSA) is 120 Å². The lowest BCUT2D eigenvalue weighted by atomic mass is 10.4. The summed E-state index contributed by atoms with van der Waals surface area (Å²) in [4.78, 5) is 20.3. The Labute approximate surface area is 118 Å². The normalized spacial score (nSPS) is 10.6. The second-order valence-corrected chi connectivity index (χ2v) is 4.74. The first kappa shape index (κ1) is 12.4. The molecule has 20 heavy (non-hydrogen) atoms. The molecule has 3 N–H and O–H groups in total. The Bertz CT molecular complexity index is 664. The molecule has 0 spiro atoms. The van der Waals surface area contributed by atoms with E-state index in [1.807, 2.05) is 5.38 Å². The molecule has 0 aliphatic carbocycles. The summed E-state index contributed by atoms with van der Waals surface area (Å²) < 4.78 is 1.42.